The van der Waals surface area contributed by atoms with Gasteiger partial charge in [-0.1, -0.05) is 35.0 Å². The van der Waals surface area contributed by atoms with Crippen molar-refractivity contribution in [2.75, 3.05) is 11.1 Å². The van der Waals surface area contributed by atoms with Gasteiger partial charge in [0.05, 0.1) is 10.8 Å². The molecule has 0 unspecified atom stereocenters. The average Bonchev–Trinajstić information content (AvgIpc) is 3.03. The summed E-state index contributed by atoms with van der Waals surface area (Å²) in [6.07, 6.45) is 3.12. The molecule has 134 valence electrons. The average molecular weight is 409 g/mol. The molecule has 0 fully saturated rings. The Hall–Kier alpha value is -2.16. The Morgan fingerprint density at radius 2 is 2.00 bits per heavy atom. The monoisotopic (exact) mass is 408 g/mol. The third-order valence-corrected chi connectivity index (χ3v) is 4.87. The number of nitrogens with one attached hydrogen (secondary N) is 1. The van der Waals surface area contributed by atoms with Crippen LogP contribution in [0.5, 0.6) is 0 Å². The first-order valence-corrected chi connectivity index (χ1v) is 9.41. The molecule has 0 aliphatic heterocycles. The summed E-state index contributed by atoms with van der Waals surface area (Å²) in [6, 6.07) is 6.89. The van der Waals surface area contributed by atoms with Crippen molar-refractivity contribution in [3.05, 3.63) is 46.7 Å². The van der Waals surface area contributed by atoms with Crippen molar-refractivity contribution in [2.45, 2.75) is 18.6 Å². The van der Waals surface area contributed by atoms with Gasteiger partial charge in [0.25, 0.3) is 0 Å². The molecule has 1 amide bonds. The Kier molecular flexibility index (Phi) is 6.08. The number of thioether (sulfide) groups is 1. The second-order valence-electron chi connectivity index (χ2n) is 5.08. The summed E-state index contributed by atoms with van der Waals surface area (Å²) in [5.41, 5.74) is 0.736. The van der Waals surface area contributed by atoms with E-state index in [0.29, 0.717) is 27.6 Å². The minimum Gasteiger partial charge on any atom is -0.302 e. The van der Waals surface area contributed by atoms with Crippen molar-refractivity contribution in [2.24, 2.45) is 0 Å². The largest absolute Gasteiger partial charge is 0.302 e. The molecule has 1 N–H and O–H groups in total. The fourth-order valence-electron chi connectivity index (χ4n) is 2.21. The van der Waals surface area contributed by atoms with Crippen LogP contribution in [0.1, 0.15) is 6.92 Å². The van der Waals surface area contributed by atoms with Gasteiger partial charge in [0.1, 0.15) is 0 Å². The highest BCUT2D eigenvalue weighted by Crippen LogP contribution is 2.31. The van der Waals surface area contributed by atoms with E-state index in [0.717, 1.165) is 5.56 Å². The van der Waals surface area contributed by atoms with Gasteiger partial charge in [0, 0.05) is 29.5 Å². The number of nitrogens with zero attached hydrogens (tertiary/aromatic N) is 5. The quantitative estimate of drug-likeness (QED) is 0.624. The molecular weight excluding hydrogens is 395 g/mol. The van der Waals surface area contributed by atoms with Gasteiger partial charge in [-0.05, 0) is 31.2 Å². The van der Waals surface area contributed by atoms with Crippen molar-refractivity contribution >= 4 is 46.8 Å². The second-order valence-corrected chi connectivity index (χ2v) is 6.87. The maximum absolute atomic E-state index is 12.0. The lowest BCUT2D eigenvalue weighted by atomic mass is 10.2. The summed E-state index contributed by atoms with van der Waals surface area (Å²) in [5, 5.41) is 12.7. The van der Waals surface area contributed by atoms with E-state index in [-0.39, 0.29) is 17.6 Å². The number of aromatic nitrogens is 5. The van der Waals surface area contributed by atoms with Gasteiger partial charge in [-0.3, -0.25) is 10.1 Å². The number of carbonyl (C=O) groups excluding carboxylic acids is 1. The third kappa shape index (κ3) is 4.32. The molecule has 0 saturated heterocycles. The normalized spacial score (nSPS) is 10.7. The van der Waals surface area contributed by atoms with Crippen molar-refractivity contribution < 1.29 is 4.79 Å². The van der Waals surface area contributed by atoms with Crippen molar-refractivity contribution in [3.63, 3.8) is 0 Å². The maximum atomic E-state index is 12.0. The highest BCUT2D eigenvalue weighted by molar-refractivity contribution is 7.99. The fourth-order valence-corrected chi connectivity index (χ4v) is 3.50. The van der Waals surface area contributed by atoms with E-state index in [1.165, 1.54) is 11.8 Å². The lowest BCUT2D eigenvalue weighted by Gasteiger charge is -2.08. The van der Waals surface area contributed by atoms with Gasteiger partial charge >= 0.3 is 0 Å². The zero-order valence-corrected chi connectivity index (χ0v) is 16.0. The van der Waals surface area contributed by atoms with E-state index in [2.05, 4.69) is 25.5 Å². The van der Waals surface area contributed by atoms with Crippen LogP contribution in [0.4, 0.5) is 5.95 Å². The molecule has 0 saturated carbocycles. The van der Waals surface area contributed by atoms with Gasteiger partial charge in [-0.15, -0.1) is 10.2 Å². The van der Waals surface area contributed by atoms with Crippen LogP contribution in [0.3, 0.4) is 0 Å². The molecule has 26 heavy (non-hydrogen) atoms. The first kappa shape index (κ1) is 18.6. The van der Waals surface area contributed by atoms with Crippen LogP contribution in [0.15, 0.2) is 41.8 Å². The van der Waals surface area contributed by atoms with Gasteiger partial charge in [-0.25, -0.2) is 9.97 Å². The molecule has 0 radical (unpaired) electrons. The third-order valence-electron chi connectivity index (χ3n) is 3.35. The first-order chi connectivity index (χ1) is 12.6. The van der Waals surface area contributed by atoms with Crippen LogP contribution in [0.25, 0.3) is 11.4 Å². The Balaban J connectivity index is 1.73. The summed E-state index contributed by atoms with van der Waals surface area (Å²) in [7, 11) is 0. The minimum atomic E-state index is -0.224. The molecule has 2 heterocycles. The predicted octanol–water partition coefficient (Wildman–Crippen LogP) is 3.79. The highest BCUT2D eigenvalue weighted by Gasteiger charge is 2.17. The number of hydrogen-bond acceptors (Lipinski definition) is 6. The summed E-state index contributed by atoms with van der Waals surface area (Å²) in [5.74, 6) is 0.829. The minimum absolute atomic E-state index is 0.157. The van der Waals surface area contributed by atoms with E-state index >= 15 is 0 Å². The van der Waals surface area contributed by atoms with E-state index in [1.807, 2.05) is 11.5 Å². The van der Waals surface area contributed by atoms with Crippen LogP contribution < -0.4 is 5.32 Å². The van der Waals surface area contributed by atoms with E-state index in [1.54, 1.807) is 36.7 Å². The predicted molar refractivity (Wildman–Crippen MR) is 103 cm³/mol. The molecule has 0 atom stereocenters. The Morgan fingerprint density at radius 1 is 1.23 bits per heavy atom. The van der Waals surface area contributed by atoms with E-state index in [4.69, 9.17) is 23.2 Å². The molecule has 0 spiro atoms. The molecule has 0 bridgehead atoms. The standard InChI is InChI=1S/C16H14Cl2N6OS/c1-2-24-14(11-5-4-10(17)8-12(11)18)22-23-16(24)26-9-13(25)21-15-19-6-3-7-20-15/h3-8H,2,9H2,1H3,(H,19,20,21,25). The molecule has 10 heteroatoms. The maximum Gasteiger partial charge on any atom is 0.237 e. The molecule has 3 aromatic rings. The molecule has 2 aromatic heterocycles. The van der Waals surface area contributed by atoms with Gasteiger partial charge in [-0.2, -0.15) is 0 Å². The number of carbonyl (C=O) groups is 1. The number of benzene rings is 1. The van der Waals surface area contributed by atoms with E-state index in [9.17, 15) is 4.79 Å². The highest BCUT2D eigenvalue weighted by atomic mass is 35.5. The lowest BCUT2D eigenvalue weighted by Crippen LogP contribution is -2.16. The smallest absolute Gasteiger partial charge is 0.237 e. The molecule has 0 aliphatic rings. The number of amides is 1. The molecule has 1 aromatic carbocycles. The zero-order valence-electron chi connectivity index (χ0n) is 13.7. The van der Waals surface area contributed by atoms with Gasteiger partial charge < -0.3 is 4.57 Å². The molecule has 7 nitrogen and oxygen atoms in total. The Morgan fingerprint density at radius 3 is 2.69 bits per heavy atom. The fraction of sp³-hybridized carbons (Fsp3) is 0.188. The van der Waals surface area contributed by atoms with Crippen LogP contribution in [-0.2, 0) is 11.3 Å². The number of anilines is 1. The van der Waals surface area contributed by atoms with Crippen molar-refractivity contribution in [1.82, 2.24) is 24.7 Å². The topological polar surface area (TPSA) is 85.6 Å². The number of halogens is 2. The Bertz CT molecular complexity index is 918. The van der Waals surface area contributed by atoms with Crippen molar-refractivity contribution in [1.29, 1.82) is 0 Å². The zero-order chi connectivity index (χ0) is 18.5. The number of rotatable bonds is 6. The molecular formula is C16H14Cl2N6OS. The molecule has 0 aliphatic carbocycles. The Labute approximate surface area is 164 Å². The summed E-state index contributed by atoms with van der Waals surface area (Å²) < 4.78 is 1.89. The van der Waals surface area contributed by atoms with Gasteiger partial charge in [0.15, 0.2) is 11.0 Å². The van der Waals surface area contributed by atoms with E-state index < -0.39 is 0 Å². The molecule has 3 rings (SSSR count). The van der Waals surface area contributed by atoms with Crippen molar-refractivity contribution in [3.8, 4) is 11.4 Å². The lowest BCUT2D eigenvalue weighted by molar-refractivity contribution is -0.113. The summed E-state index contributed by atoms with van der Waals surface area (Å²) >= 11 is 13.5. The van der Waals surface area contributed by atoms with Crippen LogP contribution in [0.2, 0.25) is 10.0 Å². The van der Waals surface area contributed by atoms with Gasteiger partial charge in [0.2, 0.25) is 11.9 Å². The summed E-state index contributed by atoms with van der Waals surface area (Å²) in [6.45, 7) is 2.60. The van der Waals surface area contributed by atoms with Crippen LogP contribution in [0, 0.1) is 0 Å². The van der Waals surface area contributed by atoms with Crippen LogP contribution >= 0.6 is 35.0 Å². The summed E-state index contributed by atoms with van der Waals surface area (Å²) in [4.78, 5) is 20.0. The first-order valence-electron chi connectivity index (χ1n) is 7.66. The van der Waals surface area contributed by atoms with Crippen LogP contribution in [-0.4, -0.2) is 36.4 Å². The number of hydrogen-bond donors (Lipinski definition) is 1. The SMILES string of the molecule is CCn1c(SCC(=O)Nc2ncccn2)nnc1-c1ccc(Cl)cc1Cl. The second kappa shape index (κ2) is 8.48.